The normalized spacial score (nSPS) is 24.1. The second-order valence-electron chi connectivity index (χ2n) is 4.19. The Bertz CT molecular complexity index is 419. The number of rotatable bonds is 0. The first-order valence-corrected chi connectivity index (χ1v) is 5.61. The molecule has 1 saturated heterocycles. The first-order chi connectivity index (χ1) is 7.86. The molecule has 1 aromatic carbocycles. The molecular formula is C12H14N2O2. The lowest BCUT2D eigenvalue weighted by Gasteiger charge is -2.26. The Morgan fingerprint density at radius 2 is 2.25 bits per heavy atom. The average molecular weight is 218 g/mol. The maximum atomic E-state index is 11.7. The largest absolute Gasteiger partial charge is 0.447 e. The molecule has 0 unspecified atom stereocenters. The molecule has 1 N–H and O–H groups in total. The summed E-state index contributed by atoms with van der Waals surface area (Å²) in [6.45, 7) is 2.24. The molecule has 1 fully saturated rings. The molecule has 2 aliphatic heterocycles. The quantitative estimate of drug-likeness (QED) is 0.717. The molecule has 0 aromatic heterocycles. The van der Waals surface area contributed by atoms with Crippen molar-refractivity contribution in [1.82, 2.24) is 5.32 Å². The van der Waals surface area contributed by atoms with E-state index in [0.717, 1.165) is 30.8 Å². The van der Waals surface area contributed by atoms with Gasteiger partial charge in [0.2, 0.25) is 0 Å². The number of hydrogen-bond donors (Lipinski definition) is 1. The highest BCUT2D eigenvalue weighted by atomic mass is 16.6. The number of carbonyl (C=O) groups excluding carboxylic acids is 1. The van der Waals surface area contributed by atoms with Gasteiger partial charge in [0, 0.05) is 6.54 Å². The van der Waals surface area contributed by atoms with Crippen molar-refractivity contribution in [2.24, 2.45) is 0 Å². The number of nitrogens with zero attached hydrogens (tertiary/aromatic N) is 1. The minimum absolute atomic E-state index is 0.182. The summed E-state index contributed by atoms with van der Waals surface area (Å²) in [4.78, 5) is 13.5. The second-order valence-corrected chi connectivity index (χ2v) is 4.19. The topological polar surface area (TPSA) is 41.6 Å². The van der Waals surface area contributed by atoms with E-state index < -0.39 is 0 Å². The fourth-order valence-corrected chi connectivity index (χ4v) is 2.36. The molecule has 0 saturated carbocycles. The van der Waals surface area contributed by atoms with Gasteiger partial charge in [0.05, 0.1) is 11.7 Å². The van der Waals surface area contributed by atoms with Crippen LogP contribution in [0.3, 0.4) is 0 Å². The van der Waals surface area contributed by atoms with Crippen LogP contribution < -0.4 is 10.2 Å². The lowest BCUT2D eigenvalue weighted by atomic mass is 10.1. The van der Waals surface area contributed by atoms with E-state index in [4.69, 9.17) is 4.74 Å². The molecule has 0 bridgehead atoms. The van der Waals surface area contributed by atoms with E-state index in [1.165, 1.54) is 0 Å². The van der Waals surface area contributed by atoms with Crippen LogP contribution in [0.2, 0.25) is 0 Å². The number of fused-ring (bicyclic) bond motifs is 3. The molecule has 1 amide bonds. The Hall–Kier alpha value is -1.55. The summed E-state index contributed by atoms with van der Waals surface area (Å²) in [5.74, 6) is 0. The van der Waals surface area contributed by atoms with Crippen LogP contribution in [0, 0.1) is 0 Å². The van der Waals surface area contributed by atoms with Gasteiger partial charge in [-0.05, 0) is 24.6 Å². The standard InChI is InChI=1S/C12H14N2O2/c15-12-14-10(8-16-12)5-6-13-7-9-3-1-2-4-11(9)14/h1-4,10,13H,5-8H2/t10-/m0/s1. The molecule has 4 nitrogen and oxygen atoms in total. The van der Waals surface area contributed by atoms with Crippen molar-refractivity contribution < 1.29 is 9.53 Å². The lowest BCUT2D eigenvalue weighted by Crippen LogP contribution is -2.38. The van der Waals surface area contributed by atoms with Crippen LogP contribution in [0.5, 0.6) is 0 Å². The molecule has 0 spiro atoms. The van der Waals surface area contributed by atoms with Crippen molar-refractivity contribution in [3.8, 4) is 0 Å². The summed E-state index contributed by atoms with van der Waals surface area (Å²) < 4.78 is 5.13. The van der Waals surface area contributed by atoms with Gasteiger partial charge in [0.25, 0.3) is 0 Å². The van der Waals surface area contributed by atoms with Crippen LogP contribution in [-0.2, 0) is 11.3 Å². The number of carbonyl (C=O) groups is 1. The molecular weight excluding hydrogens is 204 g/mol. The zero-order valence-corrected chi connectivity index (χ0v) is 8.98. The van der Waals surface area contributed by atoms with E-state index in [1.807, 2.05) is 18.2 Å². The van der Waals surface area contributed by atoms with Crippen LogP contribution in [-0.4, -0.2) is 25.3 Å². The third kappa shape index (κ3) is 1.46. The molecule has 16 heavy (non-hydrogen) atoms. The van der Waals surface area contributed by atoms with Gasteiger partial charge in [0.1, 0.15) is 6.61 Å². The van der Waals surface area contributed by atoms with E-state index in [0.29, 0.717) is 6.61 Å². The first kappa shape index (κ1) is 9.66. The summed E-state index contributed by atoms with van der Waals surface area (Å²) in [5, 5.41) is 3.38. The molecule has 1 aromatic rings. The van der Waals surface area contributed by atoms with E-state index in [1.54, 1.807) is 4.90 Å². The zero-order valence-electron chi connectivity index (χ0n) is 8.98. The number of ether oxygens (including phenoxy) is 1. The minimum atomic E-state index is -0.209. The number of hydrogen-bond acceptors (Lipinski definition) is 3. The van der Waals surface area contributed by atoms with E-state index in [-0.39, 0.29) is 12.1 Å². The van der Waals surface area contributed by atoms with Crippen LogP contribution in [0.1, 0.15) is 12.0 Å². The Balaban J connectivity index is 2.06. The number of anilines is 1. The summed E-state index contributed by atoms with van der Waals surface area (Å²) >= 11 is 0. The second kappa shape index (κ2) is 3.79. The van der Waals surface area contributed by atoms with Crippen LogP contribution in [0.4, 0.5) is 10.5 Å². The van der Waals surface area contributed by atoms with Gasteiger partial charge in [0.15, 0.2) is 0 Å². The maximum Gasteiger partial charge on any atom is 0.414 e. The molecule has 0 radical (unpaired) electrons. The predicted molar refractivity (Wildman–Crippen MR) is 60.4 cm³/mol. The fourth-order valence-electron chi connectivity index (χ4n) is 2.36. The Labute approximate surface area is 94.2 Å². The predicted octanol–water partition coefficient (Wildman–Crippen LogP) is 1.51. The van der Waals surface area contributed by atoms with Gasteiger partial charge in [-0.3, -0.25) is 4.90 Å². The molecule has 1 atom stereocenters. The molecule has 2 aliphatic rings. The molecule has 3 rings (SSSR count). The average Bonchev–Trinajstić information content (AvgIpc) is 2.62. The molecule has 4 heteroatoms. The summed E-state index contributed by atoms with van der Waals surface area (Å²) in [7, 11) is 0. The van der Waals surface area contributed by atoms with Gasteiger partial charge in [-0.15, -0.1) is 0 Å². The summed E-state index contributed by atoms with van der Waals surface area (Å²) in [6, 6.07) is 8.18. The van der Waals surface area contributed by atoms with Gasteiger partial charge >= 0.3 is 6.09 Å². The summed E-state index contributed by atoms with van der Waals surface area (Å²) in [6.07, 6.45) is 0.736. The molecule has 84 valence electrons. The van der Waals surface area contributed by atoms with Crippen molar-refractivity contribution in [1.29, 1.82) is 0 Å². The van der Waals surface area contributed by atoms with Crippen molar-refractivity contribution in [3.05, 3.63) is 29.8 Å². The van der Waals surface area contributed by atoms with Crippen LogP contribution in [0.25, 0.3) is 0 Å². The van der Waals surface area contributed by atoms with Gasteiger partial charge in [-0.1, -0.05) is 18.2 Å². The minimum Gasteiger partial charge on any atom is -0.447 e. The van der Waals surface area contributed by atoms with Gasteiger partial charge in [-0.25, -0.2) is 4.79 Å². The number of benzene rings is 1. The molecule has 2 heterocycles. The van der Waals surface area contributed by atoms with Crippen molar-refractivity contribution >= 4 is 11.8 Å². The SMILES string of the molecule is O=C1OC[C@@H]2CCNCc3ccccc3N12. The van der Waals surface area contributed by atoms with Crippen molar-refractivity contribution in [2.75, 3.05) is 18.1 Å². The monoisotopic (exact) mass is 218 g/mol. The Kier molecular flexibility index (Phi) is 2.29. The third-order valence-corrected chi connectivity index (χ3v) is 3.18. The van der Waals surface area contributed by atoms with E-state index >= 15 is 0 Å². The number of cyclic esters (lactones) is 1. The first-order valence-electron chi connectivity index (χ1n) is 5.61. The highest BCUT2D eigenvalue weighted by Gasteiger charge is 2.35. The Morgan fingerprint density at radius 3 is 3.19 bits per heavy atom. The van der Waals surface area contributed by atoms with Crippen LogP contribution in [0.15, 0.2) is 24.3 Å². The Morgan fingerprint density at radius 1 is 1.38 bits per heavy atom. The highest BCUT2D eigenvalue weighted by Crippen LogP contribution is 2.29. The highest BCUT2D eigenvalue weighted by molar-refractivity contribution is 5.91. The van der Waals surface area contributed by atoms with Gasteiger partial charge in [-0.2, -0.15) is 0 Å². The van der Waals surface area contributed by atoms with E-state index in [9.17, 15) is 4.79 Å². The lowest BCUT2D eigenvalue weighted by molar-refractivity contribution is 0.178. The van der Waals surface area contributed by atoms with Gasteiger partial charge < -0.3 is 10.1 Å². The van der Waals surface area contributed by atoms with Crippen molar-refractivity contribution in [3.63, 3.8) is 0 Å². The van der Waals surface area contributed by atoms with Crippen molar-refractivity contribution in [2.45, 2.75) is 19.0 Å². The molecule has 0 aliphatic carbocycles. The van der Waals surface area contributed by atoms with Crippen LogP contribution >= 0.6 is 0 Å². The smallest absolute Gasteiger partial charge is 0.414 e. The maximum absolute atomic E-state index is 11.7. The fraction of sp³-hybridized carbons (Fsp3) is 0.417. The zero-order chi connectivity index (χ0) is 11.0. The summed E-state index contributed by atoms with van der Waals surface area (Å²) in [5.41, 5.74) is 2.15. The number of para-hydroxylation sites is 1. The number of nitrogens with one attached hydrogen (secondary N) is 1. The van der Waals surface area contributed by atoms with E-state index in [2.05, 4.69) is 11.4 Å². The number of amides is 1. The third-order valence-electron chi connectivity index (χ3n) is 3.18.